The van der Waals surface area contributed by atoms with E-state index in [2.05, 4.69) is 0 Å². The minimum Gasteiger partial charge on any atom is -0.513 e. The Labute approximate surface area is 113 Å². The third-order valence-corrected chi connectivity index (χ3v) is 3.89. The summed E-state index contributed by atoms with van der Waals surface area (Å²) < 4.78 is 0. The summed E-state index contributed by atoms with van der Waals surface area (Å²) in [6.07, 6.45) is 8.31. The van der Waals surface area contributed by atoms with E-state index in [9.17, 15) is 15.3 Å². The van der Waals surface area contributed by atoms with E-state index in [1.807, 2.05) is 6.08 Å². The van der Waals surface area contributed by atoms with Crippen molar-refractivity contribution in [2.75, 3.05) is 13.2 Å². The Morgan fingerprint density at radius 3 is 2.47 bits per heavy atom. The van der Waals surface area contributed by atoms with Gasteiger partial charge in [0, 0.05) is 25.4 Å². The maximum Gasteiger partial charge on any atom is 0.0932 e. The van der Waals surface area contributed by atoms with E-state index in [-0.39, 0.29) is 25.0 Å². The van der Waals surface area contributed by atoms with Crippen molar-refractivity contribution in [3.63, 3.8) is 0 Å². The Morgan fingerprint density at radius 2 is 1.79 bits per heavy atom. The van der Waals surface area contributed by atoms with Gasteiger partial charge in [0.1, 0.15) is 0 Å². The number of hydrogen-bond acceptors (Lipinski definition) is 4. The third-order valence-electron chi connectivity index (χ3n) is 3.89. The van der Waals surface area contributed by atoms with E-state index in [4.69, 9.17) is 5.11 Å². The molecule has 3 unspecified atom stereocenters. The predicted molar refractivity (Wildman–Crippen MR) is 72.6 cm³/mol. The van der Waals surface area contributed by atoms with Gasteiger partial charge >= 0.3 is 0 Å². The van der Waals surface area contributed by atoms with Crippen molar-refractivity contribution >= 4 is 0 Å². The van der Waals surface area contributed by atoms with Gasteiger partial charge in [-0.25, -0.2) is 0 Å². The fraction of sp³-hybridized carbons (Fsp3) is 0.600. The first kappa shape index (κ1) is 14.2. The fourth-order valence-electron chi connectivity index (χ4n) is 3.15. The largest absolute Gasteiger partial charge is 0.513 e. The van der Waals surface area contributed by atoms with Crippen LogP contribution in [0.2, 0.25) is 0 Å². The van der Waals surface area contributed by atoms with Gasteiger partial charge in [-0.1, -0.05) is 6.08 Å². The van der Waals surface area contributed by atoms with E-state index in [1.165, 1.54) is 0 Å². The van der Waals surface area contributed by atoms with E-state index in [1.54, 1.807) is 12.2 Å². The maximum absolute atomic E-state index is 9.69. The zero-order valence-electron chi connectivity index (χ0n) is 11.0. The van der Waals surface area contributed by atoms with Crippen molar-refractivity contribution in [3.8, 4) is 0 Å². The van der Waals surface area contributed by atoms with Crippen molar-refractivity contribution in [3.05, 3.63) is 35.3 Å². The first-order valence-corrected chi connectivity index (χ1v) is 6.82. The molecule has 0 amide bonds. The number of rotatable bonds is 4. The first-order chi connectivity index (χ1) is 9.10. The van der Waals surface area contributed by atoms with Crippen LogP contribution in [0.3, 0.4) is 0 Å². The monoisotopic (exact) mass is 266 g/mol. The summed E-state index contributed by atoms with van der Waals surface area (Å²) in [6.45, 7) is 0.00372. The van der Waals surface area contributed by atoms with Gasteiger partial charge in [0.15, 0.2) is 0 Å². The summed E-state index contributed by atoms with van der Waals surface area (Å²) in [5, 5.41) is 37.7. The molecule has 106 valence electrons. The fourth-order valence-corrected chi connectivity index (χ4v) is 3.15. The molecule has 0 fully saturated rings. The standard InChI is InChI=1S/C15H22O4/c16-8-12-2-10(4-14(18)6-12)1-11-3-13(9-17)7-15(19)5-11/h2,6-7,10-11,13,16-19H,1,3-5,8-9H2. The Balaban J connectivity index is 1.97. The second kappa shape index (κ2) is 6.26. The molecule has 0 aromatic heterocycles. The second-order valence-corrected chi connectivity index (χ2v) is 5.64. The molecule has 19 heavy (non-hydrogen) atoms. The SMILES string of the molecule is OCC1=CC(CC2CC(O)=CC(CO)C2)CC(O)=C1. The molecule has 4 heteroatoms. The van der Waals surface area contributed by atoms with E-state index < -0.39 is 0 Å². The molecular formula is C15H22O4. The number of hydrogen-bond donors (Lipinski definition) is 4. The van der Waals surface area contributed by atoms with Gasteiger partial charge < -0.3 is 20.4 Å². The Hall–Kier alpha value is -1.26. The Bertz CT molecular complexity index is 408. The molecule has 0 spiro atoms. The van der Waals surface area contributed by atoms with Gasteiger partial charge in [-0.05, 0) is 42.4 Å². The summed E-state index contributed by atoms with van der Waals surface area (Å²) in [4.78, 5) is 0. The Morgan fingerprint density at radius 1 is 1.00 bits per heavy atom. The van der Waals surface area contributed by atoms with Gasteiger partial charge in [0.2, 0.25) is 0 Å². The highest BCUT2D eigenvalue weighted by atomic mass is 16.3. The van der Waals surface area contributed by atoms with Crippen LogP contribution in [0.25, 0.3) is 0 Å². The van der Waals surface area contributed by atoms with Crippen LogP contribution in [-0.2, 0) is 0 Å². The van der Waals surface area contributed by atoms with Crippen molar-refractivity contribution in [2.24, 2.45) is 17.8 Å². The lowest BCUT2D eigenvalue weighted by molar-refractivity contribution is 0.190. The van der Waals surface area contributed by atoms with Crippen LogP contribution in [0.15, 0.2) is 35.3 Å². The van der Waals surface area contributed by atoms with E-state index in [0.29, 0.717) is 30.3 Å². The summed E-state index contributed by atoms with van der Waals surface area (Å²) in [7, 11) is 0. The third kappa shape index (κ3) is 3.85. The predicted octanol–water partition coefficient (Wildman–Crippen LogP) is 2.22. The molecule has 0 saturated heterocycles. The Kier molecular flexibility index (Phi) is 4.66. The van der Waals surface area contributed by atoms with Crippen LogP contribution < -0.4 is 0 Å². The van der Waals surface area contributed by atoms with Gasteiger partial charge in [0.25, 0.3) is 0 Å². The quantitative estimate of drug-likeness (QED) is 0.629. The molecule has 0 heterocycles. The molecule has 0 radical (unpaired) electrons. The second-order valence-electron chi connectivity index (χ2n) is 5.64. The minimum atomic E-state index is -0.0599. The average molecular weight is 266 g/mol. The lowest BCUT2D eigenvalue weighted by atomic mass is 9.78. The molecule has 3 atom stereocenters. The highest BCUT2D eigenvalue weighted by Crippen LogP contribution is 2.35. The van der Waals surface area contributed by atoms with Crippen LogP contribution in [0.5, 0.6) is 0 Å². The summed E-state index contributed by atoms with van der Waals surface area (Å²) in [5.41, 5.74) is 0.753. The molecule has 0 saturated carbocycles. The van der Waals surface area contributed by atoms with Crippen molar-refractivity contribution in [1.82, 2.24) is 0 Å². The van der Waals surface area contributed by atoms with Crippen LogP contribution >= 0.6 is 0 Å². The summed E-state index contributed by atoms with van der Waals surface area (Å²) >= 11 is 0. The lowest BCUT2D eigenvalue weighted by Gasteiger charge is -2.29. The van der Waals surface area contributed by atoms with Crippen LogP contribution in [0.1, 0.15) is 25.7 Å². The lowest BCUT2D eigenvalue weighted by Crippen LogP contribution is -2.20. The highest BCUT2D eigenvalue weighted by Gasteiger charge is 2.25. The zero-order valence-corrected chi connectivity index (χ0v) is 11.0. The molecule has 2 rings (SSSR count). The van der Waals surface area contributed by atoms with Gasteiger partial charge in [0.05, 0.1) is 18.1 Å². The van der Waals surface area contributed by atoms with Crippen LogP contribution in [-0.4, -0.2) is 33.6 Å². The molecule has 4 nitrogen and oxygen atoms in total. The minimum absolute atomic E-state index is 0.0350. The highest BCUT2D eigenvalue weighted by molar-refractivity contribution is 5.26. The number of aliphatic hydroxyl groups excluding tert-OH is 4. The molecule has 0 aromatic carbocycles. The zero-order chi connectivity index (χ0) is 13.8. The molecule has 2 aliphatic carbocycles. The molecule has 0 bridgehead atoms. The topological polar surface area (TPSA) is 80.9 Å². The molecule has 0 aromatic rings. The van der Waals surface area contributed by atoms with Gasteiger partial charge in [-0.2, -0.15) is 0 Å². The number of aliphatic hydroxyl groups is 4. The van der Waals surface area contributed by atoms with Gasteiger partial charge in [-0.15, -0.1) is 0 Å². The van der Waals surface area contributed by atoms with Crippen molar-refractivity contribution < 1.29 is 20.4 Å². The summed E-state index contributed by atoms with van der Waals surface area (Å²) in [6, 6.07) is 0. The summed E-state index contributed by atoms with van der Waals surface area (Å²) in [5.74, 6) is 1.22. The number of allylic oxidation sites excluding steroid dienone is 3. The van der Waals surface area contributed by atoms with Crippen LogP contribution in [0.4, 0.5) is 0 Å². The first-order valence-electron chi connectivity index (χ1n) is 6.82. The van der Waals surface area contributed by atoms with Gasteiger partial charge in [-0.3, -0.25) is 0 Å². The maximum atomic E-state index is 9.69. The van der Waals surface area contributed by atoms with E-state index in [0.717, 1.165) is 18.4 Å². The average Bonchev–Trinajstić information content (AvgIpc) is 2.37. The molecular weight excluding hydrogens is 244 g/mol. The van der Waals surface area contributed by atoms with Crippen molar-refractivity contribution in [2.45, 2.75) is 25.7 Å². The molecule has 0 aliphatic heterocycles. The molecule has 4 N–H and O–H groups in total. The molecule has 2 aliphatic rings. The van der Waals surface area contributed by atoms with Crippen LogP contribution in [0, 0.1) is 17.8 Å². The van der Waals surface area contributed by atoms with E-state index >= 15 is 0 Å². The smallest absolute Gasteiger partial charge is 0.0932 e. The van der Waals surface area contributed by atoms with Crippen molar-refractivity contribution in [1.29, 1.82) is 0 Å². The normalized spacial score (nSPS) is 31.5.